The van der Waals surface area contributed by atoms with Crippen LogP contribution in [0.25, 0.3) is 0 Å². The first-order chi connectivity index (χ1) is 8.42. The van der Waals surface area contributed by atoms with Crippen LogP contribution in [0.15, 0.2) is 35.2 Å². The number of hydrogen-bond donors (Lipinski definition) is 0. The average molecular weight is 255 g/mol. The maximum Gasteiger partial charge on any atom is 0.180 e. The summed E-state index contributed by atoms with van der Waals surface area (Å²) in [6.07, 6.45) is 4.39. The monoisotopic (exact) mass is 255 g/mol. The summed E-state index contributed by atoms with van der Waals surface area (Å²) >= 11 is 0. The Morgan fingerprint density at radius 3 is 2.41 bits per heavy atom. The highest BCUT2D eigenvalue weighted by Crippen LogP contribution is 2.19. The van der Waals surface area contributed by atoms with Crippen LogP contribution in [0.3, 0.4) is 0 Å². The Morgan fingerprint density at radius 1 is 1.18 bits per heavy atom. The molecule has 1 atom stereocenters. The van der Waals surface area contributed by atoms with Crippen LogP contribution < -0.4 is 0 Å². The molecule has 0 amide bonds. The molecule has 0 aliphatic rings. The number of sulfone groups is 1. The lowest BCUT2D eigenvalue weighted by atomic mass is 10.1. The predicted molar refractivity (Wildman–Crippen MR) is 71.8 cm³/mol. The molecule has 96 valence electrons. The summed E-state index contributed by atoms with van der Waals surface area (Å²) in [7, 11) is -3.56. The maximum absolute atomic E-state index is 12.3. The van der Waals surface area contributed by atoms with Crippen molar-refractivity contribution in [3.05, 3.63) is 30.3 Å². The van der Waals surface area contributed by atoms with E-state index in [0.29, 0.717) is 6.42 Å². The smallest absolute Gasteiger partial charge is 0.180 e. The third-order valence-electron chi connectivity index (χ3n) is 2.89. The maximum atomic E-state index is 12.3. The zero-order valence-electron chi connectivity index (χ0n) is 11.6. The second-order valence-electron chi connectivity index (χ2n) is 4.33. The summed E-state index contributed by atoms with van der Waals surface area (Å²) < 4.78 is 32.8. The molecule has 0 N–H and O–H groups in total. The van der Waals surface area contributed by atoms with Gasteiger partial charge in [-0.25, -0.2) is 8.42 Å². The molecule has 0 fully saturated rings. The third-order valence-corrected chi connectivity index (χ3v) is 4.91. The van der Waals surface area contributed by atoms with Crippen molar-refractivity contribution in [1.29, 1.82) is 0 Å². The van der Waals surface area contributed by atoms with Gasteiger partial charge in [0.2, 0.25) is 0 Å². The molecule has 0 saturated heterocycles. The molecule has 0 radical (unpaired) electrons. The first-order valence-electron chi connectivity index (χ1n) is 6.71. The number of rotatable bonds is 7. The van der Waals surface area contributed by atoms with Crippen molar-refractivity contribution in [2.45, 2.75) is 56.1 Å². The average Bonchev–Trinajstić information content (AvgIpc) is 2.35. The largest absolute Gasteiger partial charge is 0.223 e. The van der Waals surface area contributed by atoms with E-state index in [1.165, 1.54) is 6.92 Å². The molecule has 2 nitrogen and oxygen atoms in total. The summed E-state index contributed by atoms with van der Waals surface area (Å²) in [6.45, 7) is 3.61. The van der Waals surface area contributed by atoms with E-state index in [2.05, 4.69) is 6.92 Å². The lowest BCUT2D eigenvalue weighted by molar-refractivity contribution is 0.563. The molecule has 1 rings (SSSR count). The van der Waals surface area contributed by atoms with Gasteiger partial charge in [-0.05, 0) is 25.5 Å². The van der Waals surface area contributed by atoms with Crippen molar-refractivity contribution in [1.82, 2.24) is 0 Å². The van der Waals surface area contributed by atoms with Gasteiger partial charge in [0.25, 0.3) is 0 Å². The zero-order chi connectivity index (χ0) is 13.6. The first-order valence-corrected chi connectivity index (χ1v) is 7.70. The quantitative estimate of drug-likeness (QED) is 0.694. The standard InChI is InChI=1S/C14H22O2S/c1-3-4-5-7-10-13(2)17(15,16)14-11-8-6-9-12-14/h6,8-9,11-13H,3-5,7,10H2,1-2H3/i13D. The van der Waals surface area contributed by atoms with Crippen molar-refractivity contribution in [2.24, 2.45) is 0 Å². The van der Waals surface area contributed by atoms with Crippen LogP contribution in [-0.4, -0.2) is 13.6 Å². The molecule has 17 heavy (non-hydrogen) atoms. The minimum Gasteiger partial charge on any atom is -0.223 e. The highest BCUT2D eigenvalue weighted by Gasteiger charge is 2.22. The topological polar surface area (TPSA) is 34.1 Å². The van der Waals surface area contributed by atoms with Crippen LogP contribution in [0.2, 0.25) is 0 Å². The lowest BCUT2D eigenvalue weighted by Gasteiger charge is -2.12. The summed E-state index contributed by atoms with van der Waals surface area (Å²) in [5.41, 5.74) is 0. The molecule has 0 spiro atoms. The van der Waals surface area contributed by atoms with E-state index in [0.717, 1.165) is 25.7 Å². The Labute approximate surface area is 106 Å². The number of benzene rings is 1. The molecule has 0 bridgehead atoms. The van der Waals surface area contributed by atoms with Gasteiger partial charge in [0.05, 0.1) is 10.1 Å². The van der Waals surface area contributed by atoms with Crippen LogP contribution in [0.5, 0.6) is 0 Å². The lowest BCUT2D eigenvalue weighted by Crippen LogP contribution is -2.17. The van der Waals surface area contributed by atoms with E-state index in [-0.39, 0.29) is 4.90 Å². The van der Waals surface area contributed by atoms with Gasteiger partial charge in [0.15, 0.2) is 9.84 Å². The summed E-state index contributed by atoms with van der Waals surface area (Å²) in [6, 6.07) is 8.30. The fourth-order valence-electron chi connectivity index (χ4n) is 1.74. The minimum atomic E-state index is -3.56. The fourth-order valence-corrected chi connectivity index (χ4v) is 3.07. The van der Waals surface area contributed by atoms with Crippen molar-refractivity contribution >= 4 is 9.84 Å². The predicted octanol–water partition coefficient (Wildman–Crippen LogP) is 3.82. The van der Waals surface area contributed by atoms with Gasteiger partial charge in [-0.1, -0.05) is 50.8 Å². The van der Waals surface area contributed by atoms with Crippen molar-refractivity contribution < 1.29 is 9.79 Å². The van der Waals surface area contributed by atoms with E-state index in [9.17, 15) is 8.42 Å². The summed E-state index contributed by atoms with van der Waals surface area (Å²) in [4.78, 5) is 0.248. The van der Waals surface area contributed by atoms with Gasteiger partial charge in [0.1, 0.15) is 0 Å². The van der Waals surface area contributed by atoms with E-state index in [4.69, 9.17) is 1.37 Å². The molecular formula is C14H22O2S. The van der Waals surface area contributed by atoms with Gasteiger partial charge in [-0.2, -0.15) is 0 Å². The van der Waals surface area contributed by atoms with E-state index in [1.54, 1.807) is 30.3 Å². The van der Waals surface area contributed by atoms with Crippen LogP contribution in [0.1, 0.15) is 47.3 Å². The zero-order valence-corrected chi connectivity index (χ0v) is 11.5. The molecule has 1 unspecified atom stereocenters. The Hall–Kier alpha value is -0.830. The minimum absolute atomic E-state index is 0.248. The van der Waals surface area contributed by atoms with Crippen LogP contribution >= 0.6 is 0 Å². The van der Waals surface area contributed by atoms with Gasteiger partial charge in [0, 0.05) is 1.37 Å². The molecular weight excluding hydrogens is 232 g/mol. The second-order valence-corrected chi connectivity index (χ2v) is 6.50. The Bertz CT molecular complexity index is 452. The Kier molecular flexibility index (Phi) is 5.05. The molecule has 0 aliphatic carbocycles. The molecule has 1 aromatic rings. The van der Waals surface area contributed by atoms with Crippen LogP contribution in [0.4, 0.5) is 0 Å². The van der Waals surface area contributed by atoms with Crippen molar-refractivity contribution in [2.75, 3.05) is 0 Å². The number of hydrogen-bond acceptors (Lipinski definition) is 2. The molecule has 0 aliphatic heterocycles. The Morgan fingerprint density at radius 2 is 1.82 bits per heavy atom. The van der Waals surface area contributed by atoms with E-state index < -0.39 is 15.1 Å². The summed E-state index contributed by atoms with van der Waals surface area (Å²) in [5, 5.41) is -1.43. The van der Waals surface area contributed by atoms with Crippen molar-refractivity contribution in [3.8, 4) is 0 Å². The number of unbranched alkanes of at least 4 members (excludes halogenated alkanes) is 3. The molecule has 1 aromatic carbocycles. The van der Waals surface area contributed by atoms with Gasteiger partial charge in [-0.15, -0.1) is 0 Å². The SMILES string of the molecule is [2H]C(C)(CCCCCC)S(=O)(=O)c1ccccc1. The molecule has 3 heteroatoms. The van der Waals surface area contributed by atoms with Crippen LogP contribution in [-0.2, 0) is 9.84 Å². The first kappa shape index (κ1) is 12.6. The second kappa shape index (κ2) is 6.80. The summed E-state index contributed by atoms with van der Waals surface area (Å²) in [5.74, 6) is 0. The van der Waals surface area contributed by atoms with Crippen LogP contribution in [0, 0.1) is 0 Å². The molecule has 0 heterocycles. The van der Waals surface area contributed by atoms with E-state index in [1.807, 2.05) is 0 Å². The Balaban J connectivity index is 2.77. The molecule has 0 aromatic heterocycles. The third kappa shape index (κ3) is 4.15. The highest BCUT2D eigenvalue weighted by atomic mass is 32.2. The highest BCUT2D eigenvalue weighted by molar-refractivity contribution is 7.92. The fraction of sp³-hybridized carbons (Fsp3) is 0.571. The van der Waals surface area contributed by atoms with Gasteiger partial charge < -0.3 is 0 Å². The van der Waals surface area contributed by atoms with Gasteiger partial charge in [-0.3, -0.25) is 0 Å². The van der Waals surface area contributed by atoms with Gasteiger partial charge >= 0.3 is 0 Å². The van der Waals surface area contributed by atoms with E-state index >= 15 is 0 Å². The van der Waals surface area contributed by atoms with Crippen molar-refractivity contribution in [3.63, 3.8) is 0 Å². The normalized spacial score (nSPS) is 16.2. The molecule has 0 saturated carbocycles.